The van der Waals surface area contributed by atoms with Gasteiger partial charge >= 0.3 is 0 Å². The first-order valence-electron chi connectivity index (χ1n) is 17.1. The fourth-order valence-electron chi connectivity index (χ4n) is 7.28. The van der Waals surface area contributed by atoms with Gasteiger partial charge in [0.05, 0.1) is 40.4 Å². The lowest BCUT2D eigenvalue weighted by atomic mass is 9.93. The highest BCUT2D eigenvalue weighted by atomic mass is 15.1. The Labute approximate surface area is 296 Å². The van der Waals surface area contributed by atoms with Gasteiger partial charge in [0.25, 0.3) is 0 Å². The minimum absolute atomic E-state index is 0.451. The van der Waals surface area contributed by atoms with Crippen LogP contribution in [0.4, 0.5) is 17.1 Å². The van der Waals surface area contributed by atoms with E-state index in [0.29, 0.717) is 5.71 Å². The Balaban J connectivity index is 1.20. The molecule has 0 bridgehead atoms. The normalized spacial score (nSPS) is 13.6. The summed E-state index contributed by atoms with van der Waals surface area (Å²) in [6, 6.07) is 59.6. The lowest BCUT2D eigenvalue weighted by molar-refractivity contribution is -0.525. The molecule has 1 aromatic heterocycles. The Hall–Kier alpha value is -6.82. The highest BCUT2D eigenvalue weighted by Crippen LogP contribution is 2.42. The quantitative estimate of drug-likeness (QED) is 0.165. The summed E-state index contributed by atoms with van der Waals surface area (Å²) in [7, 11) is 0. The third kappa shape index (κ3) is 5.42. The number of anilines is 3. The van der Waals surface area contributed by atoms with Gasteiger partial charge in [0.1, 0.15) is 6.20 Å². The van der Waals surface area contributed by atoms with Gasteiger partial charge in [-0.3, -0.25) is 15.7 Å². The van der Waals surface area contributed by atoms with Crippen LogP contribution in [0.25, 0.3) is 43.8 Å². The molecule has 5 nitrogen and oxygen atoms in total. The van der Waals surface area contributed by atoms with Crippen LogP contribution in [0.1, 0.15) is 11.1 Å². The van der Waals surface area contributed by atoms with Crippen LogP contribution < -0.4 is 10.2 Å². The summed E-state index contributed by atoms with van der Waals surface area (Å²) in [4.78, 5) is 6.71. The van der Waals surface area contributed by atoms with Gasteiger partial charge in [-0.25, -0.2) is 0 Å². The summed E-state index contributed by atoms with van der Waals surface area (Å²) in [6.45, 7) is 0. The molecule has 1 aliphatic heterocycles. The van der Waals surface area contributed by atoms with Gasteiger partial charge < -0.3 is 9.47 Å². The lowest BCUT2D eigenvalue weighted by Gasteiger charge is -2.27. The Morgan fingerprint density at radius 3 is 2.02 bits per heavy atom. The molecule has 5 heteroatoms. The van der Waals surface area contributed by atoms with Crippen molar-refractivity contribution in [1.82, 2.24) is 4.57 Å². The summed E-state index contributed by atoms with van der Waals surface area (Å²) in [6.07, 6.45) is 5.52. The lowest BCUT2D eigenvalue weighted by Crippen LogP contribution is -2.77. The standard InChI is InChI=1S/C46H33N5/c47-46(45(33-13-3-1-4-14-33)41-31-48-28-29-49-41)34-22-24-36(25-23-34)50(42-21-11-15-32-12-7-8-18-38(32)42)37-26-27-44-40(30-37)39-19-9-10-20-43(39)51(44)35-16-5-2-6-17-35/h1-31,47,49H/p+1. The van der Waals surface area contributed by atoms with E-state index < -0.39 is 0 Å². The van der Waals surface area contributed by atoms with Crippen molar-refractivity contribution in [2.45, 2.75) is 0 Å². The first-order chi connectivity index (χ1) is 25.2. The molecule has 0 unspecified atom stereocenters. The number of fused-ring (bicyclic) bond motifs is 4. The third-order valence-electron chi connectivity index (χ3n) is 9.61. The van der Waals surface area contributed by atoms with Crippen LogP contribution in [0, 0.1) is 5.41 Å². The van der Waals surface area contributed by atoms with E-state index in [-0.39, 0.29) is 0 Å². The van der Waals surface area contributed by atoms with E-state index in [0.717, 1.165) is 50.7 Å². The van der Waals surface area contributed by atoms with Crippen LogP contribution in [0.5, 0.6) is 0 Å². The van der Waals surface area contributed by atoms with Gasteiger partial charge in [-0.2, -0.15) is 0 Å². The Bertz CT molecular complexity index is 2660. The molecule has 242 valence electrons. The number of hydrogen-bond acceptors (Lipinski definition) is 3. The molecule has 1 aliphatic rings. The molecule has 51 heavy (non-hydrogen) atoms. The van der Waals surface area contributed by atoms with Crippen LogP contribution in [0.3, 0.4) is 0 Å². The SMILES string of the molecule is N=C(C(=C1C=NC=C[NH2+]1)c1ccccc1)c1ccc(N(c2ccc3c(c2)c2ccccc2n3-c2ccccc2)c2cccc3ccccc23)cc1. The number of allylic oxidation sites excluding steroid dienone is 2. The maximum absolute atomic E-state index is 9.44. The molecule has 0 radical (unpaired) electrons. The second kappa shape index (κ2) is 12.9. The molecule has 0 saturated carbocycles. The maximum Gasteiger partial charge on any atom is 0.162 e. The predicted molar refractivity (Wildman–Crippen MR) is 213 cm³/mol. The largest absolute Gasteiger partial charge is 0.310 e. The zero-order valence-corrected chi connectivity index (χ0v) is 27.8. The predicted octanol–water partition coefficient (Wildman–Crippen LogP) is 10.3. The maximum atomic E-state index is 9.44. The van der Waals surface area contributed by atoms with Gasteiger partial charge in [0, 0.05) is 38.8 Å². The molecule has 0 amide bonds. The number of aromatic nitrogens is 1. The first kappa shape index (κ1) is 30.3. The number of quaternary nitrogens is 1. The van der Waals surface area contributed by atoms with Gasteiger partial charge in [-0.05, 0) is 65.5 Å². The molecular weight excluding hydrogens is 623 g/mol. The number of nitrogens with two attached hydrogens (primary N) is 1. The monoisotopic (exact) mass is 656 g/mol. The molecular formula is C46H34N5+. The zero-order chi connectivity index (χ0) is 34.1. The molecule has 0 saturated heterocycles. The molecule has 8 aromatic rings. The highest BCUT2D eigenvalue weighted by Gasteiger charge is 2.22. The average molecular weight is 657 g/mol. The van der Waals surface area contributed by atoms with Crippen molar-refractivity contribution in [3.05, 3.63) is 199 Å². The fourth-order valence-corrected chi connectivity index (χ4v) is 7.28. The smallest absolute Gasteiger partial charge is 0.162 e. The molecule has 0 aliphatic carbocycles. The second-order valence-electron chi connectivity index (χ2n) is 12.6. The van der Waals surface area contributed by atoms with Crippen LogP contribution >= 0.6 is 0 Å². The topological polar surface area (TPSA) is 61.0 Å². The second-order valence-corrected chi connectivity index (χ2v) is 12.6. The molecule has 7 aromatic carbocycles. The number of hydrogen-bond donors (Lipinski definition) is 2. The Morgan fingerprint density at radius 1 is 0.569 bits per heavy atom. The average Bonchev–Trinajstić information content (AvgIpc) is 3.53. The molecule has 0 spiro atoms. The summed E-state index contributed by atoms with van der Waals surface area (Å²) >= 11 is 0. The Morgan fingerprint density at radius 2 is 1.24 bits per heavy atom. The van der Waals surface area contributed by atoms with Crippen molar-refractivity contribution in [2.24, 2.45) is 4.99 Å². The van der Waals surface area contributed by atoms with Crippen LogP contribution in [0.2, 0.25) is 0 Å². The summed E-state index contributed by atoms with van der Waals surface area (Å²) in [5, 5.41) is 16.2. The number of aliphatic imine (C=N–C) groups is 1. The van der Waals surface area contributed by atoms with E-state index in [1.165, 1.54) is 27.1 Å². The minimum Gasteiger partial charge on any atom is -0.310 e. The summed E-state index contributed by atoms with van der Waals surface area (Å²) in [5.74, 6) is 0. The van der Waals surface area contributed by atoms with Crippen molar-refractivity contribution in [1.29, 1.82) is 5.41 Å². The van der Waals surface area contributed by atoms with E-state index in [1.807, 2.05) is 35.9 Å². The van der Waals surface area contributed by atoms with Crippen molar-refractivity contribution in [2.75, 3.05) is 4.90 Å². The molecule has 0 fully saturated rings. The number of nitrogens with zero attached hydrogens (tertiary/aromatic N) is 3. The van der Waals surface area contributed by atoms with Gasteiger partial charge in [-0.15, -0.1) is 0 Å². The van der Waals surface area contributed by atoms with E-state index >= 15 is 0 Å². The zero-order valence-electron chi connectivity index (χ0n) is 27.8. The van der Waals surface area contributed by atoms with Crippen LogP contribution in [0.15, 0.2) is 193 Å². The van der Waals surface area contributed by atoms with Gasteiger partial charge in [-0.1, -0.05) is 115 Å². The number of nitrogens with one attached hydrogen (secondary N) is 1. The van der Waals surface area contributed by atoms with E-state index in [2.05, 4.69) is 166 Å². The summed E-state index contributed by atoms with van der Waals surface area (Å²) < 4.78 is 2.35. The van der Waals surface area contributed by atoms with Gasteiger partial charge in [0.15, 0.2) is 5.70 Å². The van der Waals surface area contributed by atoms with E-state index in [4.69, 9.17) is 0 Å². The highest BCUT2D eigenvalue weighted by molar-refractivity contribution is 6.32. The fraction of sp³-hybridized carbons (Fsp3) is 0. The number of benzene rings is 7. The molecule has 3 N–H and O–H groups in total. The van der Waals surface area contributed by atoms with E-state index in [1.54, 1.807) is 6.20 Å². The van der Waals surface area contributed by atoms with E-state index in [9.17, 15) is 5.41 Å². The number of para-hydroxylation sites is 2. The number of rotatable bonds is 7. The van der Waals surface area contributed by atoms with Crippen molar-refractivity contribution in [3.63, 3.8) is 0 Å². The van der Waals surface area contributed by atoms with Crippen molar-refractivity contribution in [3.8, 4) is 5.69 Å². The molecule has 9 rings (SSSR count). The molecule has 0 atom stereocenters. The van der Waals surface area contributed by atoms with Gasteiger partial charge in [0.2, 0.25) is 0 Å². The van der Waals surface area contributed by atoms with Crippen molar-refractivity contribution >= 4 is 67.1 Å². The van der Waals surface area contributed by atoms with Crippen LogP contribution in [-0.2, 0) is 0 Å². The Kier molecular flexibility index (Phi) is 7.65. The minimum atomic E-state index is 0.451. The van der Waals surface area contributed by atoms with Crippen LogP contribution in [-0.4, -0.2) is 16.5 Å². The summed E-state index contributed by atoms with van der Waals surface area (Å²) in [5.41, 5.74) is 10.7. The van der Waals surface area contributed by atoms with Crippen molar-refractivity contribution < 1.29 is 5.32 Å². The molecule has 2 heterocycles. The first-order valence-corrected chi connectivity index (χ1v) is 17.1. The third-order valence-corrected chi connectivity index (χ3v) is 9.61.